The summed E-state index contributed by atoms with van der Waals surface area (Å²) in [6, 6.07) is 12.9. The number of aliphatic carboxylic acids is 1. The standard InChI is InChI=1S/C19H20O4/c1-12-10-16(23-11-13-2-3-13)8-9-17(12)14-4-6-15(7-5-14)18(20)19(21)22/h4-10,13,18,20H,2-3,11H2,1H3,(H,21,22). The summed E-state index contributed by atoms with van der Waals surface area (Å²) >= 11 is 0. The van der Waals surface area contributed by atoms with Crippen LogP contribution in [0.3, 0.4) is 0 Å². The minimum atomic E-state index is -1.48. The summed E-state index contributed by atoms with van der Waals surface area (Å²) in [6.45, 7) is 2.82. The molecule has 0 aliphatic heterocycles. The van der Waals surface area contributed by atoms with Crippen LogP contribution in [0, 0.1) is 12.8 Å². The third kappa shape index (κ3) is 3.71. The highest BCUT2D eigenvalue weighted by Crippen LogP contribution is 2.31. The molecule has 120 valence electrons. The van der Waals surface area contributed by atoms with Gasteiger partial charge >= 0.3 is 5.97 Å². The van der Waals surface area contributed by atoms with Gasteiger partial charge in [0, 0.05) is 0 Å². The van der Waals surface area contributed by atoms with Crippen molar-refractivity contribution in [3.8, 4) is 16.9 Å². The number of aliphatic hydroxyl groups is 1. The second-order valence-electron chi connectivity index (χ2n) is 6.09. The van der Waals surface area contributed by atoms with Gasteiger partial charge in [-0.05, 0) is 60.1 Å². The van der Waals surface area contributed by atoms with E-state index in [1.807, 2.05) is 37.3 Å². The molecule has 0 saturated heterocycles. The fourth-order valence-electron chi connectivity index (χ4n) is 2.54. The number of carboxylic acids is 1. The Balaban J connectivity index is 1.76. The molecule has 1 aliphatic rings. The smallest absolute Gasteiger partial charge is 0.337 e. The molecule has 0 bridgehead atoms. The molecule has 0 radical (unpaired) electrons. The Morgan fingerprint density at radius 1 is 1.22 bits per heavy atom. The Morgan fingerprint density at radius 3 is 2.48 bits per heavy atom. The highest BCUT2D eigenvalue weighted by atomic mass is 16.5. The lowest BCUT2D eigenvalue weighted by Crippen LogP contribution is -2.10. The van der Waals surface area contributed by atoms with E-state index < -0.39 is 12.1 Å². The molecule has 2 N–H and O–H groups in total. The zero-order valence-corrected chi connectivity index (χ0v) is 13.0. The van der Waals surface area contributed by atoms with Gasteiger partial charge < -0.3 is 14.9 Å². The number of ether oxygens (including phenoxy) is 1. The maximum absolute atomic E-state index is 10.8. The molecule has 0 amide bonds. The number of aryl methyl sites for hydroxylation is 1. The first-order valence-electron chi connectivity index (χ1n) is 7.79. The number of rotatable bonds is 6. The Labute approximate surface area is 135 Å². The van der Waals surface area contributed by atoms with Gasteiger partial charge in [0.1, 0.15) is 5.75 Å². The molecule has 0 spiro atoms. The van der Waals surface area contributed by atoms with Gasteiger partial charge in [-0.3, -0.25) is 0 Å². The lowest BCUT2D eigenvalue weighted by atomic mass is 9.98. The van der Waals surface area contributed by atoms with E-state index in [-0.39, 0.29) is 0 Å². The number of hydrogen-bond acceptors (Lipinski definition) is 3. The fourth-order valence-corrected chi connectivity index (χ4v) is 2.54. The third-order valence-corrected chi connectivity index (χ3v) is 4.15. The largest absolute Gasteiger partial charge is 0.493 e. The Kier molecular flexibility index (Phi) is 4.35. The first kappa shape index (κ1) is 15.6. The predicted octanol–water partition coefficient (Wildman–Crippen LogP) is 3.57. The molecule has 1 unspecified atom stereocenters. The number of carboxylic acid groups (broad SMARTS) is 1. The zero-order chi connectivity index (χ0) is 16.4. The van der Waals surface area contributed by atoms with Crippen LogP contribution in [0.25, 0.3) is 11.1 Å². The Bertz CT molecular complexity index is 702. The average Bonchev–Trinajstić information content (AvgIpc) is 3.37. The van der Waals surface area contributed by atoms with Crippen molar-refractivity contribution in [2.45, 2.75) is 25.9 Å². The summed E-state index contributed by atoms with van der Waals surface area (Å²) in [4.78, 5) is 10.8. The van der Waals surface area contributed by atoms with E-state index in [1.165, 1.54) is 12.8 Å². The van der Waals surface area contributed by atoms with Crippen molar-refractivity contribution in [2.24, 2.45) is 5.92 Å². The monoisotopic (exact) mass is 312 g/mol. The van der Waals surface area contributed by atoms with E-state index >= 15 is 0 Å². The van der Waals surface area contributed by atoms with Gasteiger partial charge in [-0.1, -0.05) is 30.3 Å². The van der Waals surface area contributed by atoms with Crippen molar-refractivity contribution < 1.29 is 19.7 Å². The van der Waals surface area contributed by atoms with Crippen LogP contribution in [-0.2, 0) is 4.79 Å². The second kappa shape index (κ2) is 6.42. The van der Waals surface area contributed by atoms with Gasteiger partial charge in [-0.15, -0.1) is 0 Å². The van der Waals surface area contributed by atoms with Crippen LogP contribution >= 0.6 is 0 Å². The lowest BCUT2D eigenvalue weighted by molar-refractivity contribution is -0.146. The first-order chi connectivity index (χ1) is 11.0. The average molecular weight is 312 g/mol. The number of hydrogen-bond donors (Lipinski definition) is 2. The van der Waals surface area contributed by atoms with Crippen molar-refractivity contribution in [3.63, 3.8) is 0 Å². The van der Waals surface area contributed by atoms with E-state index in [0.29, 0.717) is 5.56 Å². The minimum absolute atomic E-state index is 0.378. The zero-order valence-electron chi connectivity index (χ0n) is 13.0. The molecule has 0 heterocycles. The molecule has 4 nitrogen and oxygen atoms in total. The molecule has 1 aliphatic carbocycles. The predicted molar refractivity (Wildman–Crippen MR) is 87.4 cm³/mol. The van der Waals surface area contributed by atoms with E-state index in [2.05, 4.69) is 0 Å². The molecular weight excluding hydrogens is 292 g/mol. The highest BCUT2D eigenvalue weighted by molar-refractivity contribution is 5.75. The Hall–Kier alpha value is -2.33. The van der Waals surface area contributed by atoms with E-state index in [9.17, 15) is 9.90 Å². The fraction of sp³-hybridized carbons (Fsp3) is 0.316. The van der Waals surface area contributed by atoms with Crippen LogP contribution in [0.5, 0.6) is 5.75 Å². The summed E-state index contributed by atoms with van der Waals surface area (Å²) in [5.41, 5.74) is 3.53. The van der Waals surface area contributed by atoms with E-state index in [1.54, 1.807) is 12.1 Å². The lowest BCUT2D eigenvalue weighted by Gasteiger charge is -2.11. The minimum Gasteiger partial charge on any atom is -0.493 e. The van der Waals surface area contributed by atoms with Crippen LogP contribution in [0.1, 0.15) is 30.1 Å². The topological polar surface area (TPSA) is 66.8 Å². The summed E-state index contributed by atoms with van der Waals surface area (Å²) in [5.74, 6) is 0.366. The quantitative estimate of drug-likeness (QED) is 0.856. The van der Waals surface area contributed by atoms with Crippen molar-refractivity contribution in [1.29, 1.82) is 0 Å². The van der Waals surface area contributed by atoms with E-state index in [4.69, 9.17) is 9.84 Å². The molecule has 1 fully saturated rings. The van der Waals surface area contributed by atoms with Gasteiger partial charge in [0.2, 0.25) is 0 Å². The number of carbonyl (C=O) groups is 1. The molecular formula is C19H20O4. The SMILES string of the molecule is Cc1cc(OCC2CC2)ccc1-c1ccc(C(O)C(=O)O)cc1. The molecule has 23 heavy (non-hydrogen) atoms. The van der Waals surface area contributed by atoms with Gasteiger partial charge in [0.25, 0.3) is 0 Å². The maximum atomic E-state index is 10.8. The molecule has 0 aromatic heterocycles. The van der Waals surface area contributed by atoms with Crippen LogP contribution in [-0.4, -0.2) is 22.8 Å². The number of benzene rings is 2. The molecule has 2 aromatic carbocycles. The molecule has 2 aromatic rings. The summed E-state index contributed by atoms with van der Waals surface area (Å²) in [5, 5.41) is 18.4. The second-order valence-corrected chi connectivity index (χ2v) is 6.09. The van der Waals surface area contributed by atoms with Crippen molar-refractivity contribution in [3.05, 3.63) is 53.6 Å². The molecule has 3 rings (SSSR count). The molecule has 4 heteroatoms. The highest BCUT2D eigenvalue weighted by Gasteiger charge is 2.22. The van der Waals surface area contributed by atoms with Gasteiger partial charge in [0.05, 0.1) is 6.61 Å². The number of aliphatic hydroxyl groups excluding tert-OH is 1. The first-order valence-corrected chi connectivity index (χ1v) is 7.79. The Morgan fingerprint density at radius 2 is 1.91 bits per heavy atom. The van der Waals surface area contributed by atoms with Gasteiger partial charge in [-0.25, -0.2) is 4.79 Å². The van der Waals surface area contributed by atoms with Gasteiger partial charge in [0.15, 0.2) is 6.10 Å². The third-order valence-electron chi connectivity index (χ3n) is 4.15. The summed E-state index contributed by atoms with van der Waals surface area (Å²) in [6.07, 6.45) is 1.06. The van der Waals surface area contributed by atoms with Crippen molar-refractivity contribution >= 4 is 5.97 Å². The summed E-state index contributed by atoms with van der Waals surface area (Å²) in [7, 11) is 0. The van der Waals surface area contributed by atoms with Crippen molar-refractivity contribution in [1.82, 2.24) is 0 Å². The molecule has 1 saturated carbocycles. The van der Waals surface area contributed by atoms with Crippen LogP contribution in [0.15, 0.2) is 42.5 Å². The normalized spacial score (nSPS) is 15.2. The van der Waals surface area contributed by atoms with Crippen molar-refractivity contribution in [2.75, 3.05) is 6.61 Å². The van der Waals surface area contributed by atoms with E-state index in [0.717, 1.165) is 35.0 Å². The maximum Gasteiger partial charge on any atom is 0.337 e. The summed E-state index contributed by atoms with van der Waals surface area (Å²) < 4.78 is 5.78. The van der Waals surface area contributed by atoms with Crippen LogP contribution in [0.4, 0.5) is 0 Å². The van der Waals surface area contributed by atoms with Gasteiger partial charge in [-0.2, -0.15) is 0 Å². The van der Waals surface area contributed by atoms with Crippen LogP contribution < -0.4 is 4.74 Å². The molecule has 1 atom stereocenters. The van der Waals surface area contributed by atoms with Crippen LogP contribution in [0.2, 0.25) is 0 Å².